The molecule has 32 heavy (non-hydrogen) atoms. The molecule has 0 atom stereocenters. The lowest BCUT2D eigenvalue weighted by molar-refractivity contribution is -0.133. The Labute approximate surface area is 184 Å². The molecule has 2 amide bonds. The molecule has 5 rings (SSSR count). The van der Waals surface area contributed by atoms with E-state index in [1.165, 1.54) is 22.2 Å². The van der Waals surface area contributed by atoms with Gasteiger partial charge in [0.05, 0.1) is 6.54 Å². The average molecular weight is 438 g/mol. The number of benzene rings is 2. The van der Waals surface area contributed by atoms with Crippen molar-refractivity contribution in [2.45, 2.75) is 13.0 Å². The summed E-state index contributed by atoms with van der Waals surface area (Å²) in [4.78, 5) is 34.3. The van der Waals surface area contributed by atoms with Gasteiger partial charge in [-0.2, -0.15) is 0 Å². The largest absolute Gasteiger partial charge is 0.358 e. The quantitative estimate of drug-likeness (QED) is 0.684. The highest BCUT2D eigenvalue weighted by Gasteiger charge is 2.29. The summed E-state index contributed by atoms with van der Waals surface area (Å²) < 4.78 is 27.9. The average Bonchev–Trinajstić information content (AvgIpc) is 3.17. The van der Waals surface area contributed by atoms with Crippen molar-refractivity contribution in [3.8, 4) is 0 Å². The van der Waals surface area contributed by atoms with Gasteiger partial charge < -0.3 is 14.8 Å². The summed E-state index contributed by atoms with van der Waals surface area (Å²) in [5.41, 5.74) is 2.96. The van der Waals surface area contributed by atoms with E-state index in [0.29, 0.717) is 39.3 Å². The molecule has 1 saturated heterocycles. The van der Waals surface area contributed by atoms with Crippen LogP contribution in [0.25, 0.3) is 10.9 Å². The molecule has 3 heterocycles. The minimum atomic E-state index is -0.852. The van der Waals surface area contributed by atoms with E-state index >= 15 is 0 Å². The summed E-state index contributed by atoms with van der Waals surface area (Å²) in [6.07, 6.45) is 0.798. The third kappa shape index (κ3) is 3.75. The van der Waals surface area contributed by atoms with Crippen molar-refractivity contribution in [3.63, 3.8) is 0 Å². The second-order valence-corrected chi connectivity index (χ2v) is 8.36. The van der Waals surface area contributed by atoms with Crippen LogP contribution in [-0.2, 0) is 17.8 Å². The number of hydrogen-bond acceptors (Lipinski definition) is 3. The van der Waals surface area contributed by atoms with Gasteiger partial charge in [0, 0.05) is 67.8 Å². The van der Waals surface area contributed by atoms with E-state index in [4.69, 9.17) is 0 Å². The molecule has 0 aliphatic carbocycles. The Morgan fingerprint density at radius 3 is 2.34 bits per heavy atom. The number of halogens is 2. The maximum atomic E-state index is 13.9. The summed E-state index contributed by atoms with van der Waals surface area (Å²) in [7, 11) is 0. The fourth-order valence-corrected chi connectivity index (χ4v) is 4.64. The van der Waals surface area contributed by atoms with Crippen LogP contribution in [0.2, 0.25) is 0 Å². The highest BCUT2D eigenvalue weighted by molar-refractivity contribution is 5.95. The Kier molecular flexibility index (Phi) is 5.38. The number of nitrogens with one attached hydrogen (secondary N) is 1. The van der Waals surface area contributed by atoms with E-state index in [9.17, 15) is 18.4 Å². The number of carbonyl (C=O) groups excluding carboxylic acids is 2. The molecule has 0 unspecified atom stereocenters. The maximum Gasteiger partial charge on any atom is 0.259 e. The van der Waals surface area contributed by atoms with Crippen LogP contribution in [0.4, 0.5) is 8.78 Å². The van der Waals surface area contributed by atoms with Gasteiger partial charge in [-0.1, -0.05) is 24.3 Å². The fraction of sp³-hybridized carbons (Fsp3) is 0.333. The number of amides is 2. The van der Waals surface area contributed by atoms with E-state index in [2.05, 4.69) is 11.1 Å². The molecule has 0 spiro atoms. The first-order valence-corrected chi connectivity index (χ1v) is 10.8. The monoisotopic (exact) mass is 438 g/mol. The van der Waals surface area contributed by atoms with E-state index in [1.54, 1.807) is 0 Å². The van der Waals surface area contributed by atoms with E-state index in [0.717, 1.165) is 29.5 Å². The van der Waals surface area contributed by atoms with Gasteiger partial charge in [0.25, 0.3) is 5.91 Å². The predicted octanol–water partition coefficient (Wildman–Crippen LogP) is 2.79. The molecule has 1 fully saturated rings. The first kappa shape index (κ1) is 20.6. The zero-order valence-corrected chi connectivity index (χ0v) is 17.6. The molecular formula is C24H24F2N4O2. The van der Waals surface area contributed by atoms with Gasteiger partial charge in [0.15, 0.2) is 0 Å². The number of nitrogens with zero attached hydrogens (tertiary/aromatic N) is 3. The van der Waals surface area contributed by atoms with Crippen LogP contribution < -0.4 is 0 Å². The van der Waals surface area contributed by atoms with Crippen LogP contribution >= 0.6 is 0 Å². The van der Waals surface area contributed by atoms with Gasteiger partial charge in [-0.25, -0.2) is 8.78 Å². The fourth-order valence-electron chi connectivity index (χ4n) is 4.64. The summed E-state index contributed by atoms with van der Waals surface area (Å²) in [6, 6.07) is 11.5. The number of aromatic amines is 1. The zero-order chi connectivity index (χ0) is 22.2. The summed E-state index contributed by atoms with van der Waals surface area (Å²) in [6.45, 7) is 3.15. The van der Waals surface area contributed by atoms with Crippen LogP contribution in [0.3, 0.4) is 0 Å². The van der Waals surface area contributed by atoms with Crippen molar-refractivity contribution in [2.75, 3.05) is 39.3 Å². The van der Waals surface area contributed by atoms with E-state index < -0.39 is 23.1 Å². The lowest BCUT2D eigenvalue weighted by atomic mass is 10.0. The predicted molar refractivity (Wildman–Crippen MR) is 116 cm³/mol. The van der Waals surface area contributed by atoms with E-state index in [-0.39, 0.29) is 12.5 Å². The van der Waals surface area contributed by atoms with Gasteiger partial charge in [-0.05, 0) is 18.2 Å². The van der Waals surface area contributed by atoms with E-state index in [1.807, 2.05) is 28.0 Å². The molecule has 6 nitrogen and oxygen atoms in total. The zero-order valence-electron chi connectivity index (χ0n) is 17.6. The van der Waals surface area contributed by atoms with Gasteiger partial charge in [-0.15, -0.1) is 0 Å². The second kappa shape index (κ2) is 8.35. The van der Waals surface area contributed by atoms with Crippen LogP contribution in [0.5, 0.6) is 0 Å². The Hall–Kier alpha value is -3.26. The standard InChI is InChI=1S/C24H24F2N4O2/c25-18-5-3-6-19(26)23(18)24(32)29-12-10-28(11-13-29)15-22(31)30-9-8-21-17(14-30)16-4-1-2-7-20(16)27-21/h1-7,27H,8-15H2. The molecule has 166 valence electrons. The first-order valence-electron chi connectivity index (χ1n) is 10.8. The number of para-hydroxylation sites is 1. The number of fused-ring (bicyclic) bond motifs is 3. The van der Waals surface area contributed by atoms with Crippen molar-refractivity contribution in [1.29, 1.82) is 0 Å². The van der Waals surface area contributed by atoms with Crippen molar-refractivity contribution < 1.29 is 18.4 Å². The minimum Gasteiger partial charge on any atom is -0.358 e. The molecular weight excluding hydrogens is 414 g/mol. The minimum absolute atomic E-state index is 0.0563. The Morgan fingerprint density at radius 1 is 0.875 bits per heavy atom. The highest BCUT2D eigenvalue weighted by Crippen LogP contribution is 2.27. The molecule has 8 heteroatoms. The molecule has 2 aromatic carbocycles. The van der Waals surface area contributed by atoms with Gasteiger partial charge >= 0.3 is 0 Å². The summed E-state index contributed by atoms with van der Waals surface area (Å²) in [5, 5.41) is 1.16. The number of carbonyl (C=O) groups is 2. The highest BCUT2D eigenvalue weighted by atomic mass is 19.1. The third-order valence-electron chi connectivity index (χ3n) is 6.43. The summed E-state index contributed by atoms with van der Waals surface area (Å²) >= 11 is 0. The van der Waals surface area contributed by atoms with Crippen molar-refractivity contribution >= 4 is 22.7 Å². The maximum absolute atomic E-state index is 13.9. The van der Waals surface area contributed by atoms with Crippen LogP contribution in [0.1, 0.15) is 21.6 Å². The van der Waals surface area contributed by atoms with Crippen LogP contribution in [-0.4, -0.2) is 70.8 Å². The van der Waals surface area contributed by atoms with Gasteiger partial charge in [0.1, 0.15) is 17.2 Å². The lowest BCUT2D eigenvalue weighted by Crippen LogP contribution is -2.52. The number of aromatic nitrogens is 1. The molecule has 2 aliphatic heterocycles. The number of H-pyrrole nitrogens is 1. The smallest absolute Gasteiger partial charge is 0.259 e. The van der Waals surface area contributed by atoms with Gasteiger partial charge in [-0.3, -0.25) is 14.5 Å². The molecule has 1 N–H and O–H groups in total. The lowest BCUT2D eigenvalue weighted by Gasteiger charge is -2.36. The Balaban J connectivity index is 1.19. The van der Waals surface area contributed by atoms with Crippen LogP contribution in [0, 0.1) is 11.6 Å². The van der Waals surface area contributed by atoms with Gasteiger partial charge in [0.2, 0.25) is 5.91 Å². The number of rotatable bonds is 3. The molecule has 2 aliphatic rings. The second-order valence-electron chi connectivity index (χ2n) is 8.36. The topological polar surface area (TPSA) is 59.7 Å². The molecule has 0 bridgehead atoms. The third-order valence-corrected chi connectivity index (χ3v) is 6.43. The normalized spacial score (nSPS) is 16.9. The Morgan fingerprint density at radius 2 is 1.59 bits per heavy atom. The number of piperazine rings is 1. The first-order chi connectivity index (χ1) is 15.5. The molecule has 1 aromatic heterocycles. The Bertz CT molecular complexity index is 1160. The summed E-state index contributed by atoms with van der Waals surface area (Å²) in [5.74, 6) is -2.29. The molecule has 3 aromatic rings. The SMILES string of the molecule is O=C(CN1CCN(C(=O)c2c(F)cccc2F)CC1)N1CCc2[nH]c3ccccc3c2C1. The molecule has 0 saturated carbocycles. The van der Waals surface area contributed by atoms with Crippen molar-refractivity contribution in [3.05, 3.63) is 70.9 Å². The number of hydrogen-bond donors (Lipinski definition) is 1. The van der Waals surface area contributed by atoms with Crippen molar-refractivity contribution in [1.82, 2.24) is 19.7 Å². The van der Waals surface area contributed by atoms with Crippen LogP contribution in [0.15, 0.2) is 42.5 Å². The molecule has 0 radical (unpaired) electrons. The van der Waals surface area contributed by atoms with Crippen molar-refractivity contribution in [2.24, 2.45) is 0 Å².